The van der Waals surface area contributed by atoms with Crippen LogP contribution in [-0.2, 0) is 10.2 Å². The molecule has 140 valence electrons. The van der Waals surface area contributed by atoms with Crippen LogP contribution in [0.15, 0.2) is 48.5 Å². The minimum atomic E-state index is -0.165. The fourth-order valence-corrected chi connectivity index (χ4v) is 2.74. The Labute approximate surface area is 157 Å². The molecule has 0 fully saturated rings. The largest absolute Gasteiger partial charge is 0.484 e. The number of rotatable bonds is 7. The molecule has 0 atom stereocenters. The van der Waals surface area contributed by atoms with Crippen LogP contribution in [0.5, 0.6) is 5.75 Å². The molecule has 0 aliphatic heterocycles. The van der Waals surface area contributed by atoms with Crippen molar-refractivity contribution in [3.05, 3.63) is 54.1 Å². The maximum absolute atomic E-state index is 12.2. The first kappa shape index (κ1) is 19.8. The summed E-state index contributed by atoms with van der Waals surface area (Å²) in [6.45, 7) is 12.6. The molecule has 0 heterocycles. The maximum Gasteiger partial charge on any atom is 0.262 e. The van der Waals surface area contributed by atoms with E-state index in [4.69, 9.17) is 4.74 Å². The van der Waals surface area contributed by atoms with Crippen molar-refractivity contribution in [2.45, 2.75) is 40.0 Å². The monoisotopic (exact) mass is 354 g/mol. The first-order chi connectivity index (χ1) is 12.3. The van der Waals surface area contributed by atoms with Crippen molar-refractivity contribution < 1.29 is 9.53 Å². The predicted molar refractivity (Wildman–Crippen MR) is 109 cm³/mol. The van der Waals surface area contributed by atoms with Crippen LogP contribution in [0.2, 0.25) is 0 Å². The molecule has 4 nitrogen and oxygen atoms in total. The highest BCUT2D eigenvalue weighted by atomic mass is 16.5. The second kappa shape index (κ2) is 8.75. The zero-order valence-corrected chi connectivity index (χ0v) is 16.5. The Morgan fingerprint density at radius 2 is 1.69 bits per heavy atom. The molecule has 0 unspecified atom stereocenters. The fourth-order valence-electron chi connectivity index (χ4n) is 2.74. The summed E-state index contributed by atoms with van der Waals surface area (Å²) in [6, 6.07) is 15.8. The molecule has 0 aliphatic rings. The SMILES string of the molecule is CCN(CC)c1ccc(NC(=O)COc2cccc(C(C)(C)C)c2)cc1. The van der Waals surface area contributed by atoms with Crippen molar-refractivity contribution in [1.29, 1.82) is 0 Å². The molecule has 1 amide bonds. The third-order valence-electron chi connectivity index (χ3n) is 4.35. The van der Waals surface area contributed by atoms with E-state index >= 15 is 0 Å². The Kier molecular flexibility index (Phi) is 6.67. The Hall–Kier alpha value is -2.49. The number of carbonyl (C=O) groups excluding carboxylic acids is 1. The van der Waals surface area contributed by atoms with E-state index in [9.17, 15) is 4.79 Å². The van der Waals surface area contributed by atoms with Gasteiger partial charge in [0.2, 0.25) is 0 Å². The average Bonchev–Trinajstić information content (AvgIpc) is 2.62. The second-order valence-corrected chi connectivity index (χ2v) is 7.33. The molecule has 0 radical (unpaired) electrons. The van der Waals surface area contributed by atoms with Crippen molar-refractivity contribution in [2.75, 3.05) is 29.9 Å². The van der Waals surface area contributed by atoms with Gasteiger partial charge in [0, 0.05) is 24.5 Å². The number of hydrogen-bond acceptors (Lipinski definition) is 3. The van der Waals surface area contributed by atoms with E-state index in [1.54, 1.807) is 0 Å². The highest BCUT2D eigenvalue weighted by molar-refractivity contribution is 5.92. The molecule has 4 heteroatoms. The summed E-state index contributed by atoms with van der Waals surface area (Å²) in [5.74, 6) is 0.547. The van der Waals surface area contributed by atoms with Crippen LogP contribution < -0.4 is 15.0 Å². The number of carbonyl (C=O) groups is 1. The number of amides is 1. The molecule has 26 heavy (non-hydrogen) atoms. The Morgan fingerprint density at radius 3 is 2.27 bits per heavy atom. The number of anilines is 2. The van der Waals surface area contributed by atoms with E-state index in [-0.39, 0.29) is 17.9 Å². The molecule has 0 spiro atoms. The number of ether oxygens (including phenoxy) is 1. The van der Waals surface area contributed by atoms with Gasteiger partial charge in [-0.1, -0.05) is 32.9 Å². The lowest BCUT2D eigenvalue weighted by Crippen LogP contribution is -2.22. The second-order valence-electron chi connectivity index (χ2n) is 7.33. The molecule has 1 N–H and O–H groups in total. The lowest BCUT2D eigenvalue weighted by atomic mass is 9.87. The molecule has 2 rings (SSSR count). The van der Waals surface area contributed by atoms with E-state index in [1.807, 2.05) is 42.5 Å². The van der Waals surface area contributed by atoms with Gasteiger partial charge in [0.05, 0.1) is 0 Å². The Bertz CT molecular complexity index is 714. The van der Waals surface area contributed by atoms with Crippen LogP contribution in [0.1, 0.15) is 40.2 Å². The molecule has 0 aliphatic carbocycles. The first-order valence-electron chi connectivity index (χ1n) is 9.21. The van der Waals surface area contributed by atoms with E-state index in [0.717, 1.165) is 24.5 Å². The summed E-state index contributed by atoms with van der Waals surface area (Å²) in [4.78, 5) is 14.4. The summed E-state index contributed by atoms with van der Waals surface area (Å²) in [7, 11) is 0. The van der Waals surface area contributed by atoms with Crippen LogP contribution >= 0.6 is 0 Å². The van der Waals surface area contributed by atoms with Crippen LogP contribution in [0, 0.1) is 0 Å². The molecular weight excluding hydrogens is 324 g/mol. The van der Waals surface area contributed by atoms with E-state index in [0.29, 0.717) is 5.75 Å². The van der Waals surface area contributed by atoms with Crippen LogP contribution in [-0.4, -0.2) is 25.6 Å². The molecule has 2 aromatic carbocycles. The fraction of sp³-hybridized carbons (Fsp3) is 0.409. The number of benzene rings is 2. The van der Waals surface area contributed by atoms with Crippen LogP contribution in [0.4, 0.5) is 11.4 Å². The van der Waals surface area contributed by atoms with Gasteiger partial charge in [-0.25, -0.2) is 0 Å². The number of nitrogens with one attached hydrogen (secondary N) is 1. The smallest absolute Gasteiger partial charge is 0.262 e. The van der Waals surface area contributed by atoms with Gasteiger partial charge in [0.1, 0.15) is 5.75 Å². The molecule has 2 aromatic rings. The normalized spacial score (nSPS) is 11.1. The zero-order valence-electron chi connectivity index (χ0n) is 16.5. The predicted octanol–water partition coefficient (Wildman–Crippen LogP) is 4.85. The van der Waals surface area contributed by atoms with Gasteiger partial charge in [-0.05, 0) is 61.2 Å². The highest BCUT2D eigenvalue weighted by Crippen LogP contribution is 2.25. The van der Waals surface area contributed by atoms with Crippen molar-refractivity contribution in [3.8, 4) is 5.75 Å². The first-order valence-corrected chi connectivity index (χ1v) is 9.21. The molecule has 0 bridgehead atoms. The Morgan fingerprint density at radius 1 is 1.04 bits per heavy atom. The topological polar surface area (TPSA) is 41.6 Å². The van der Waals surface area contributed by atoms with Gasteiger partial charge in [-0.3, -0.25) is 4.79 Å². The van der Waals surface area contributed by atoms with Gasteiger partial charge in [0.25, 0.3) is 5.91 Å². The van der Waals surface area contributed by atoms with Gasteiger partial charge >= 0.3 is 0 Å². The zero-order chi connectivity index (χ0) is 19.2. The van der Waals surface area contributed by atoms with Gasteiger partial charge < -0.3 is 15.0 Å². The third kappa shape index (κ3) is 5.51. The van der Waals surface area contributed by atoms with Gasteiger partial charge in [-0.2, -0.15) is 0 Å². The maximum atomic E-state index is 12.2. The highest BCUT2D eigenvalue weighted by Gasteiger charge is 2.14. The van der Waals surface area contributed by atoms with E-state index in [2.05, 4.69) is 50.9 Å². The van der Waals surface area contributed by atoms with Crippen molar-refractivity contribution in [3.63, 3.8) is 0 Å². The average molecular weight is 354 g/mol. The van der Waals surface area contributed by atoms with Crippen LogP contribution in [0.3, 0.4) is 0 Å². The summed E-state index contributed by atoms with van der Waals surface area (Å²) in [5, 5.41) is 2.88. The summed E-state index contributed by atoms with van der Waals surface area (Å²) in [5.41, 5.74) is 3.16. The lowest BCUT2D eigenvalue weighted by molar-refractivity contribution is -0.118. The third-order valence-corrected chi connectivity index (χ3v) is 4.35. The van der Waals surface area contributed by atoms with Gasteiger partial charge in [0.15, 0.2) is 6.61 Å². The van der Waals surface area contributed by atoms with Crippen molar-refractivity contribution in [1.82, 2.24) is 0 Å². The van der Waals surface area contributed by atoms with Crippen LogP contribution in [0.25, 0.3) is 0 Å². The molecule has 0 aromatic heterocycles. The van der Waals surface area contributed by atoms with Crippen molar-refractivity contribution in [2.24, 2.45) is 0 Å². The summed E-state index contributed by atoms with van der Waals surface area (Å²) < 4.78 is 5.65. The standard InChI is InChI=1S/C22H30N2O2/c1-6-24(7-2)19-13-11-18(12-14-19)23-21(25)16-26-20-10-8-9-17(15-20)22(3,4)5/h8-15H,6-7,16H2,1-5H3,(H,23,25). The van der Waals surface area contributed by atoms with E-state index in [1.165, 1.54) is 5.56 Å². The van der Waals surface area contributed by atoms with Gasteiger partial charge in [-0.15, -0.1) is 0 Å². The van der Waals surface area contributed by atoms with Crippen molar-refractivity contribution >= 4 is 17.3 Å². The number of nitrogens with zero attached hydrogens (tertiary/aromatic N) is 1. The quantitative estimate of drug-likeness (QED) is 0.773. The minimum absolute atomic E-state index is 0.00854. The lowest BCUT2D eigenvalue weighted by Gasteiger charge is -2.21. The molecular formula is C22H30N2O2. The summed E-state index contributed by atoms with van der Waals surface area (Å²) in [6.07, 6.45) is 0. The number of hydrogen-bond donors (Lipinski definition) is 1. The van der Waals surface area contributed by atoms with E-state index < -0.39 is 0 Å². The molecule has 0 saturated heterocycles. The summed E-state index contributed by atoms with van der Waals surface area (Å²) >= 11 is 0. The minimum Gasteiger partial charge on any atom is -0.484 e. The Balaban J connectivity index is 1.91. The molecule has 0 saturated carbocycles.